The smallest absolute Gasteiger partial charge is 0.407 e. The van der Waals surface area contributed by atoms with Crippen LogP contribution < -0.4 is 10.6 Å². The number of rotatable bonds is 3. The molecule has 1 heterocycles. The number of pyridine rings is 1. The van der Waals surface area contributed by atoms with Gasteiger partial charge in [0, 0.05) is 11.7 Å². The van der Waals surface area contributed by atoms with E-state index < -0.39 is 5.60 Å². The van der Waals surface area contributed by atoms with Crippen LogP contribution in [0.2, 0.25) is 0 Å². The summed E-state index contributed by atoms with van der Waals surface area (Å²) in [7, 11) is 0. The van der Waals surface area contributed by atoms with Gasteiger partial charge in [0.25, 0.3) is 0 Å². The highest BCUT2D eigenvalue weighted by Gasteiger charge is 2.56. The van der Waals surface area contributed by atoms with Crippen LogP contribution in [-0.2, 0) is 9.53 Å². The molecule has 6 heteroatoms. The van der Waals surface area contributed by atoms with Gasteiger partial charge in [0.1, 0.15) is 11.4 Å². The maximum Gasteiger partial charge on any atom is 0.407 e. The minimum absolute atomic E-state index is 0.131. The average Bonchev–Trinajstić information content (AvgIpc) is 2.77. The van der Waals surface area contributed by atoms with Gasteiger partial charge in [-0.3, -0.25) is 4.79 Å². The standard InChI is InChI=1S/C23H33N3O3/c1-14-6-5-7-19(24-14)26-20(27)23-11-15-8-16(12-23)17(13-23)10-18(9-15)25-21(28)29-22(2,3)4/h5-7,15-18H,8-13H2,1-4H3,(H,25,28)(H,24,26,27). The lowest BCUT2D eigenvalue weighted by Gasteiger charge is -2.37. The van der Waals surface area contributed by atoms with Gasteiger partial charge < -0.3 is 15.4 Å². The van der Waals surface area contributed by atoms with Gasteiger partial charge in [0.15, 0.2) is 0 Å². The Morgan fingerprint density at radius 1 is 1.10 bits per heavy atom. The fraction of sp³-hybridized carbons (Fsp3) is 0.696. The van der Waals surface area contributed by atoms with E-state index in [1.54, 1.807) is 0 Å². The van der Waals surface area contributed by atoms with Crippen LogP contribution in [-0.4, -0.2) is 28.6 Å². The first-order chi connectivity index (χ1) is 13.6. The maximum absolute atomic E-state index is 13.3. The van der Waals surface area contributed by atoms with Crippen molar-refractivity contribution >= 4 is 17.8 Å². The Bertz CT molecular complexity index is 799. The minimum atomic E-state index is -0.488. The topological polar surface area (TPSA) is 80.3 Å². The van der Waals surface area contributed by atoms with Crippen LogP contribution in [0, 0.1) is 30.1 Å². The Labute approximate surface area is 173 Å². The minimum Gasteiger partial charge on any atom is -0.444 e. The summed E-state index contributed by atoms with van der Waals surface area (Å²) < 4.78 is 5.45. The molecule has 3 aliphatic carbocycles. The van der Waals surface area contributed by atoms with Gasteiger partial charge >= 0.3 is 6.09 Å². The van der Waals surface area contributed by atoms with Crippen LogP contribution in [0.15, 0.2) is 18.2 Å². The molecule has 1 aromatic heterocycles. The summed E-state index contributed by atoms with van der Waals surface area (Å²) in [4.78, 5) is 30.0. The first-order valence-electron chi connectivity index (χ1n) is 10.9. The lowest BCUT2D eigenvalue weighted by Crippen LogP contribution is -2.43. The third-order valence-corrected chi connectivity index (χ3v) is 6.83. The summed E-state index contributed by atoms with van der Waals surface area (Å²) in [6.07, 6.45) is 5.51. The van der Waals surface area contributed by atoms with Crippen molar-refractivity contribution < 1.29 is 14.3 Å². The second-order valence-electron chi connectivity index (χ2n) is 10.4. The quantitative estimate of drug-likeness (QED) is 0.787. The number of alkyl carbamates (subject to hydrolysis) is 1. The molecule has 4 rings (SSSR count). The number of fused-ring (bicyclic) bond motifs is 2. The molecular weight excluding hydrogens is 366 g/mol. The Kier molecular flexibility index (Phi) is 5.07. The molecular formula is C23H33N3O3. The van der Waals surface area contributed by atoms with Crippen molar-refractivity contribution in [2.75, 3.05) is 5.32 Å². The van der Waals surface area contributed by atoms with Gasteiger partial charge in [-0.2, -0.15) is 0 Å². The van der Waals surface area contributed by atoms with Crippen molar-refractivity contribution in [3.8, 4) is 0 Å². The van der Waals surface area contributed by atoms with Gasteiger partial charge in [-0.1, -0.05) is 6.07 Å². The van der Waals surface area contributed by atoms with Gasteiger partial charge in [-0.15, -0.1) is 0 Å². The average molecular weight is 400 g/mol. The first-order valence-corrected chi connectivity index (χ1v) is 10.9. The van der Waals surface area contributed by atoms with Crippen LogP contribution in [0.3, 0.4) is 0 Å². The molecule has 5 unspecified atom stereocenters. The zero-order valence-electron chi connectivity index (χ0n) is 18.0. The molecule has 0 spiro atoms. The van der Waals surface area contributed by atoms with E-state index in [0.717, 1.165) is 37.8 Å². The van der Waals surface area contributed by atoms with E-state index in [0.29, 0.717) is 23.6 Å². The number of nitrogens with zero attached hydrogens (tertiary/aromatic N) is 1. The molecule has 0 radical (unpaired) electrons. The monoisotopic (exact) mass is 399 g/mol. The van der Waals surface area contributed by atoms with Crippen LogP contribution in [0.25, 0.3) is 0 Å². The molecule has 0 saturated heterocycles. The van der Waals surface area contributed by atoms with Crippen molar-refractivity contribution in [2.24, 2.45) is 23.2 Å². The molecule has 2 amide bonds. The highest BCUT2D eigenvalue weighted by Crippen LogP contribution is 2.60. The van der Waals surface area contributed by atoms with Crippen LogP contribution in [0.4, 0.5) is 10.6 Å². The number of aryl methyl sites for hydroxylation is 1. The first kappa shape index (κ1) is 20.2. The number of hydrogen-bond donors (Lipinski definition) is 2. The molecule has 3 aliphatic rings. The van der Waals surface area contributed by atoms with E-state index in [4.69, 9.17) is 4.74 Å². The predicted octanol–water partition coefficient (Wildman–Crippen LogP) is 4.44. The fourth-order valence-corrected chi connectivity index (χ4v) is 5.98. The van der Waals surface area contributed by atoms with Crippen LogP contribution in [0.5, 0.6) is 0 Å². The molecule has 3 fully saturated rings. The molecule has 3 bridgehead atoms. The van der Waals surface area contributed by atoms with Crippen LogP contribution >= 0.6 is 0 Å². The summed E-state index contributed by atoms with van der Waals surface area (Å²) in [6, 6.07) is 5.86. The summed E-state index contributed by atoms with van der Waals surface area (Å²) >= 11 is 0. The largest absolute Gasteiger partial charge is 0.444 e. The number of amides is 2. The summed E-state index contributed by atoms with van der Waals surface area (Å²) in [5.41, 5.74) is 0.139. The summed E-state index contributed by atoms with van der Waals surface area (Å²) in [6.45, 7) is 7.58. The van der Waals surface area contributed by atoms with Crippen LogP contribution in [0.1, 0.15) is 65.0 Å². The van der Waals surface area contributed by atoms with Gasteiger partial charge in [0.2, 0.25) is 5.91 Å². The number of nitrogens with one attached hydrogen (secondary N) is 2. The fourth-order valence-electron chi connectivity index (χ4n) is 5.98. The molecule has 6 nitrogen and oxygen atoms in total. The van der Waals surface area contributed by atoms with E-state index in [2.05, 4.69) is 15.6 Å². The highest BCUT2D eigenvalue weighted by atomic mass is 16.6. The zero-order chi connectivity index (χ0) is 20.8. The van der Waals surface area contributed by atoms with E-state index in [9.17, 15) is 9.59 Å². The Hall–Kier alpha value is -2.11. The Morgan fingerprint density at radius 3 is 2.52 bits per heavy atom. The normalized spacial score (nSPS) is 33.1. The van der Waals surface area contributed by atoms with Crippen molar-refractivity contribution in [3.63, 3.8) is 0 Å². The third-order valence-electron chi connectivity index (χ3n) is 6.83. The van der Waals surface area contributed by atoms with Crippen molar-refractivity contribution in [3.05, 3.63) is 23.9 Å². The van der Waals surface area contributed by atoms with Gasteiger partial charge in [0.05, 0.1) is 5.41 Å². The summed E-state index contributed by atoms with van der Waals surface area (Å²) in [5.74, 6) is 2.31. The molecule has 158 valence electrons. The second-order valence-corrected chi connectivity index (χ2v) is 10.4. The Morgan fingerprint density at radius 2 is 1.83 bits per heavy atom. The number of carbonyl (C=O) groups is 2. The van der Waals surface area contributed by atoms with Crippen molar-refractivity contribution in [1.82, 2.24) is 10.3 Å². The number of aromatic nitrogens is 1. The SMILES string of the molecule is Cc1cccc(NC(=O)C23CC4CC(NC(=O)OC(C)(C)C)CC(C2)C(C4)C3)n1. The number of anilines is 1. The van der Waals surface area contributed by atoms with E-state index >= 15 is 0 Å². The number of carbonyl (C=O) groups excluding carboxylic acids is 2. The predicted molar refractivity (Wildman–Crippen MR) is 111 cm³/mol. The molecule has 3 saturated carbocycles. The van der Waals surface area contributed by atoms with E-state index in [1.807, 2.05) is 45.9 Å². The van der Waals surface area contributed by atoms with E-state index in [1.165, 1.54) is 6.42 Å². The lowest BCUT2D eigenvalue weighted by atomic mass is 9.69. The van der Waals surface area contributed by atoms with Gasteiger partial charge in [-0.05, 0) is 96.1 Å². The second kappa shape index (κ2) is 7.29. The van der Waals surface area contributed by atoms with E-state index in [-0.39, 0.29) is 23.5 Å². The summed E-state index contributed by atoms with van der Waals surface area (Å²) in [5, 5.41) is 6.19. The Balaban J connectivity index is 1.43. The lowest BCUT2D eigenvalue weighted by molar-refractivity contribution is -0.127. The molecule has 2 N–H and O–H groups in total. The molecule has 0 aliphatic heterocycles. The maximum atomic E-state index is 13.3. The number of hydrogen-bond acceptors (Lipinski definition) is 4. The highest BCUT2D eigenvalue weighted by molar-refractivity contribution is 5.95. The number of ether oxygens (including phenoxy) is 1. The van der Waals surface area contributed by atoms with Crippen molar-refractivity contribution in [1.29, 1.82) is 0 Å². The zero-order valence-corrected chi connectivity index (χ0v) is 18.0. The molecule has 29 heavy (non-hydrogen) atoms. The van der Waals surface area contributed by atoms with Crippen molar-refractivity contribution in [2.45, 2.75) is 77.9 Å². The molecule has 0 aromatic carbocycles. The molecule has 1 aromatic rings. The molecule has 5 atom stereocenters. The third kappa shape index (κ3) is 4.41. The van der Waals surface area contributed by atoms with Gasteiger partial charge in [-0.25, -0.2) is 9.78 Å².